The lowest BCUT2D eigenvalue weighted by Gasteiger charge is -2.06. The van der Waals surface area contributed by atoms with Gasteiger partial charge in [-0.25, -0.2) is 13.5 Å². The highest BCUT2D eigenvalue weighted by Crippen LogP contribution is 2.22. The largest absolute Gasteiger partial charge is 0.471 e. The van der Waals surface area contributed by atoms with Crippen LogP contribution >= 0.6 is 23.2 Å². The number of hydrogen-bond donors (Lipinski definition) is 1. The van der Waals surface area contributed by atoms with E-state index in [1.54, 1.807) is 24.5 Å². The summed E-state index contributed by atoms with van der Waals surface area (Å²) in [4.78, 5) is 12.5. The van der Waals surface area contributed by atoms with Crippen molar-refractivity contribution in [3.05, 3.63) is 93.9 Å². The molecule has 0 saturated heterocycles. The van der Waals surface area contributed by atoms with Gasteiger partial charge in [0.1, 0.15) is 22.4 Å². The fraction of sp³-hybridized carbons (Fsp3) is 0.0952. The van der Waals surface area contributed by atoms with Crippen molar-refractivity contribution >= 4 is 34.9 Å². The predicted molar refractivity (Wildman–Crippen MR) is 115 cm³/mol. The van der Waals surface area contributed by atoms with E-state index in [1.165, 1.54) is 45.8 Å². The Balaban J connectivity index is 1.37. The number of rotatable bonds is 7. The Hall–Kier alpha value is -3.43. The molecule has 0 atom stereocenters. The number of nitrogens with zero attached hydrogens (tertiary/aromatic N) is 4. The first-order valence-electron chi connectivity index (χ1n) is 9.27. The minimum absolute atomic E-state index is 0.0116. The topological polar surface area (TPSA) is 74.0 Å². The average molecular weight is 478 g/mol. The number of ether oxygens (including phenoxy) is 1. The first kappa shape index (κ1) is 21.8. The summed E-state index contributed by atoms with van der Waals surface area (Å²) in [5, 5.41) is 11.2. The third-order valence-electron chi connectivity index (χ3n) is 4.33. The zero-order valence-electron chi connectivity index (χ0n) is 16.3. The second kappa shape index (κ2) is 9.37. The zero-order chi connectivity index (χ0) is 22.7. The van der Waals surface area contributed by atoms with Crippen LogP contribution in [0.4, 0.5) is 14.6 Å². The second-order valence-corrected chi connectivity index (χ2v) is 7.51. The van der Waals surface area contributed by atoms with Crippen LogP contribution in [0, 0.1) is 11.6 Å². The van der Waals surface area contributed by atoms with Crippen molar-refractivity contribution in [3.63, 3.8) is 0 Å². The SMILES string of the molecule is O=C(Nc1nn(Cc2ccc(F)cc2)cc1Cl)c1ccn(COc2ccc(F)c(Cl)c2)n1. The zero-order valence-corrected chi connectivity index (χ0v) is 17.8. The van der Waals surface area contributed by atoms with Gasteiger partial charge in [-0.3, -0.25) is 9.48 Å². The van der Waals surface area contributed by atoms with Crippen LogP contribution in [0.3, 0.4) is 0 Å². The molecule has 0 saturated carbocycles. The minimum Gasteiger partial charge on any atom is -0.471 e. The van der Waals surface area contributed by atoms with Crippen molar-refractivity contribution in [1.82, 2.24) is 19.6 Å². The molecule has 0 fully saturated rings. The Kier molecular flexibility index (Phi) is 6.38. The van der Waals surface area contributed by atoms with E-state index >= 15 is 0 Å². The van der Waals surface area contributed by atoms with Crippen molar-refractivity contribution in [2.45, 2.75) is 13.3 Å². The Labute approximate surface area is 191 Å². The Morgan fingerprint density at radius 3 is 2.53 bits per heavy atom. The number of aromatic nitrogens is 4. The lowest BCUT2D eigenvalue weighted by Crippen LogP contribution is -2.15. The van der Waals surface area contributed by atoms with Crippen LogP contribution in [-0.4, -0.2) is 25.5 Å². The molecule has 0 unspecified atom stereocenters. The minimum atomic E-state index is -0.546. The third-order valence-corrected chi connectivity index (χ3v) is 4.90. The number of carbonyl (C=O) groups is 1. The molecule has 4 rings (SSSR count). The first-order valence-corrected chi connectivity index (χ1v) is 10.0. The molecule has 0 aliphatic carbocycles. The van der Waals surface area contributed by atoms with E-state index in [1.807, 2.05) is 0 Å². The number of amides is 1. The molecule has 7 nitrogen and oxygen atoms in total. The number of nitrogens with one attached hydrogen (secondary N) is 1. The van der Waals surface area contributed by atoms with Crippen LogP contribution in [0.2, 0.25) is 10.0 Å². The lowest BCUT2D eigenvalue weighted by atomic mass is 10.2. The molecule has 32 heavy (non-hydrogen) atoms. The highest BCUT2D eigenvalue weighted by molar-refractivity contribution is 6.33. The molecule has 2 aromatic carbocycles. The molecule has 11 heteroatoms. The number of carbonyl (C=O) groups excluding carboxylic acids is 1. The van der Waals surface area contributed by atoms with Gasteiger partial charge in [-0.1, -0.05) is 35.3 Å². The lowest BCUT2D eigenvalue weighted by molar-refractivity contribution is 0.101. The molecule has 2 heterocycles. The Morgan fingerprint density at radius 2 is 1.78 bits per heavy atom. The quantitative estimate of drug-likeness (QED) is 0.406. The maximum Gasteiger partial charge on any atom is 0.277 e. The van der Waals surface area contributed by atoms with Gasteiger partial charge >= 0.3 is 0 Å². The van der Waals surface area contributed by atoms with E-state index in [0.717, 1.165) is 5.56 Å². The van der Waals surface area contributed by atoms with E-state index in [2.05, 4.69) is 15.5 Å². The number of hydrogen-bond acceptors (Lipinski definition) is 4. The van der Waals surface area contributed by atoms with Gasteiger partial charge in [-0.2, -0.15) is 10.2 Å². The van der Waals surface area contributed by atoms with Crippen molar-refractivity contribution < 1.29 is 18.3 Å². The highest BCUT2D eigenvalue weighted by Gasteiger charge is 2.15. The van der Waals surface area contributed by atoms with Gasteiger partial charge in [0.15, 0.2) is 18.2 Å². The van der Waals surface area contributed by atoms with Gasteiger partial charge in [-0.15, -0.1) is 0 Å². The molecule has 2 aromatic heterocycles. The van der Waals surface area contributed by atoms with Crippen LogP contribution in [0.5, 0.6) is 5.75 Å². The normalized spacial score (nSPS) is 10.9. The number of anilines is 1. The summed E-state index contributed by atoms with van der Waals surface area (Å²) >= 11 is 11.9. The van der Waals surface area contributed by atoms with Crippen LogP contribution in [0.1, 0.15) is 16.1 Å². The monoisotopic (exact) mass is 477 g/mol. The standard InChI is InChI=1S/C21H15Cl2F2N5O2/c22-16-9-15(5-6-18(16)25)32-12-29-8-7-19(27-29)21(31)26-20-17(23)11-30(28-20)10-13-1-3-14(24)4-2-13/h1-9,11H,10,12H2,(H,26,28,31). The molecule has 0 aliphatic heterocycles. The van der Waals surface area contributed by atoms with Gasteiger partial charge in [0.25, 0.3) is 5.91 Å². The van der Waals surface area contributed by atoms with Crippen molar-refractivity contribution in [1.29, 1.82) is 0 Å². The number of benzene rings is 2. The summed E-state index contributed by atoms with van der Waals surface area (Å²) in [5.41, 5.74) is 0.944. The van der Waals surface area contributed by atoms with E-state index in [0.29, 0.717) is 12.3 Å². The molecule has 0 radical (unpaired) electrons. The molecular formula is C21H15Cl2F2N5O2. The molecule has 0 spiro atoms. The average Bonchev–Trinajstić information content (AvgIpc) is 3.37. The molecular weight excluding hydrogens is 463 g/mol. The van der Waals surface area contributed by atoms with Gasteiger partial charge in [-0.05, 0) is 35.9 Å². The maximum atomic E-state index is 13.2. The summed E-state index contributed by atoms with van der Waals surface area (Å²) in [6.45, 7) is 0.345. The van der Waals surface area contributed by atoms with Gasteiger partial charge in [0, 0.05) is 18.5 Å². The summed E-state index contributed by atoms with van der Waals surface area (Å²) in [6.07, 6.45) is 3.11. The fourth-order valence-electron chi connectivity index (χ4n) is 2.77. The summed E-state index contributed by atoms with van der Waals surface area (Å²) in [5.74, 6) is -0.855. The van der Waals surface area contributed by atoms with E-state index in [9.17, 15) is 13.6 Å². The summed E-state index contributed by atoms with van der Waals surface area (Å²) in [7, 11) is 0. The molecule has 0 aliphatic rings. The van der Waals surface area contributed by atoms with Crippen molar-refractivity contribution in [2.24, 2.45) is 0 Å². The van der Waals surface area contributed by atoms with Crippen molar-refractivity contribution in [3.8, 4) is 5.75 Å². The first-order chi connectivity index (χ1) is 15.4. The van der Waals surface area contributed by atoms with Crippen LogP contribution < -0.4 is 10.1 Å². The third kappa shape index (κ3) is 5.24. The molecule has 1 N–H and O–H groups in total. The highest BCUT2D eigenvalue weighted by atomic mass is 35.5. The summed E-state index contributed by atoms with van der Waals surface area (Å²) in [6, 6.07) is 11.5. The fourth-order valence-corrected chi connectivity index (χ4v) is 3.14. The van der Waals surface area contributed by atoms with Gasteiger partial charge < -0.3 is 10.1 Å². The predicted octanol–water partition coefficient (Wildman–Crippen LogP) is 5.00. The van der Waals surface area contributed by atoms with Gasteiger partial charge in [0.2, 0.25) is 0 Å². The molecule has 0 bridgehead atoms. The molecule has 1 amide bonds. The van der Waals surface area contributed by atoms with E-state index in [4.69, 9.17) is 27.9 Å². The smallest absolute Gasteiger partial charge is 0.277 e. The number of halogens is 4. The maximum absolute atomic E-state index is 13.2. The van der Waals surface area contributed by atoms with Gasteiger partial charge in [0.05, 0.1) is 11.6 Å². The van der Waals surface area contributed by atoms with Crippen LogP contribution in [-0.2, 0) is 13.3 Å². The van der Waals surface area contributed by atoms with E-state index in [-0.39, 0.29) is 34.1 Å². The van der Waals surface area contributed by atoms with Crippen LogP contribution in [0.25, 0.3) is 0 Å². The Bertz CT molecular complexity index is 1260. The second-order valence-electron chi connectivity index (χ2n) is 6.69. The summed E-state index contributed by atoms with van der Waals surface area (Å²) < 4.78 is 34.7. The Morgan fingerprint density at radius 1 is 1.00 bits per heavy atom. The van der Waals surface area contributed by atoms with Crippen LogP contribution in [0.15, 0.2) is 60.9 Å². The van der Waals surface area contributed by atoms with E-state index < -0.39 is 11.7 Å². The molecule has 164 valence electrons. The molecule has 4 aromatic rings. The van der Waals surface area contributed by atoms with Crippen molar-refractivity contribution in [2.75, 3.05) is 5.32 Å².